The van der Waals surface area contributed by atoms with Gasteiger partial charge >= 0.3 is 0 Å². The number of sulfonamides is 1. The molecular weight excluding hydrogens is 495 g/mol. The van der Waals surface area contributed by atoms with Crippen molar-refractivity contribution in [2.75, 3.05) is 32.4 Å². The highest BCUT2D eigenvalue weighted by Gasteiger charge is 2.17. The third-order valence-electron chi connectivity index (χ3n) is 3.86. The van der Waals surface area contributed by atoms with Gasteiger partial charge in [-0.05, 0) is 58.1 Å². The molecule has 0 heterocycles. The Labute approximate surface area is 185 Å². The third kappa shape index (κ3) is 9.49. The quantitative estimate of drug-likeness (QED) is 0.199. The molecule has 0 bridgehead atoms. The summed E-state index contributed by atoms with van der Waals surface area (Å²) in [5.74, 6) is 0.695. The number of nitrogens with one attached hydrogen (secondary N) is 3. The maximum Gasteiger partial charge on any atom is 0.240 e. The first-order valence-electron chi connectivity index (χ1n) is 8.75. The molecule has 0 radical (unpaired) electrons. The molecule has 1 rings (SSSR count). The Hall–Kier alpha value is -0.520. The molecule has 0 aliphatic rings. The smallest absolute Gasteiger partial charge is 0.240 e. The van der Waals surface area contributed by atoms with E-state index in [4.69, 9.17) is 0 Å². The molecule has 0 fully saturated rings. The summed E-state index contributed by atoms with van der Waals surface area (Å²) in [7, 11) is -3.52. The van der Waals surface area contributed by atoms with E-state index < -0.39 is 10.0 Å². The lowest BCUT2D eigenvalue weighted by atomic mass is 10.2. The monoisotopic (exact) mass is 528 g/mol. The van der Waals surface area contributed by atoms with Crippen LogP contribution in [0.2, 0.25) is 0 Å². The molecule has 0 aromatic heterocycles. The van der Waals surface area contributed by atoms with Gasteiger partial charge in [0.25, 0.3) is 0 Å². The zero-order chi connectivity index (χ0) is 19.8. The number of thioether (sulfide) groups is 1. The van der Waals surface area contributed by atoms with Crippen molar-refractivity contribution in [3.63, 3.8) is 0 Å². The number of hydrogen-bond donors (Lipinski definition) is 3. The topological polar surface area (TPSA) is 82.6 Å². The van der Waals surface area contributed by atoms with E-state index in [0.717, 1.165) is 17.7 Å². The Kier molecular flexibility index (Phi) is 11.9. The predicted molar refractivity (Wildman–Crippen MR) is 128 cm³/mol. The van der Waals surface area contributed by atoms with E-state index >= 15 is 0 Å². The summed E-state index contributed by atoms with van der Waals surface area (Å²) >= 11 is 1.76. The minimum absolute atomic E-state index is 0. The number of aliphatic imine (C=N–C) groups is 1. The first-order chi connectivity index (χ1) is 12.1. The van der Waals surface area contributed by atoms with Crippen LogP contribution in [0.5, 0.6) is 0 Å². The normalized spacial score (nSPS) is 12.4. The molecule has 6 nitrogen and oxygen atoms in total. The van der Waals surface area contributed by atoms with Crippen LogP contribution in [0.1, 0.15) is 31.9 Å². The Morgan fingerprint density at radius 1 is 1.19 bits per heavy atom. The summed E-state index contributed by atoms with van der Waals surface area (Å²) in [6.45, 7) is 12.1. The largest absolute Gasteiger partial charge is 0.357 e. The minimum Gasteiger partial charge on any atom is -0.357 e. The molecule has 0 aliphatic carbocycles. The second-order valence-corrected chi connectivity index (χ2v) is 10.0. The second-order valence-electron chi connectivity index (χ2n) is 6.75. The molecule has 1 aromatic carbocycles. The van der Waals surface area contributed by atoms with E-state index in [9.17, 15) is 8.42 Å². The van der Waals surface area contributed by atoms with Crippen LogP contribution in [0.25, 0.3) is 0 Å². The van der Waals surface area contributed by atoms with Gasteiger partial charge in [-0.1, -0.05) is 12.1 Å². The van der Waals surface area contributed by atoms with E-state index in [1.807, 2.05) is 26.0 Å². The number of rotatable bonds is 9. The first kappa shape index (κ1) is 26.5. The summed E-state index contributed by atoms with van der Waals surface area (Å²) < 4.78 is 27.7. The van der Waals surface area contributed by atoms with Crippen molar-refractivity contribution >= 4 is 51.7 Å². The average molecular weight is 529 g/mol. The van der Waals surface area contributed by atoms with E-state index in [-0.39, 0.29) is 35.3 Å². The molecule has 0 amide bonds. The lowest BCUT2D eigenvalue weighted by molar-refractivity contribution is 0.579. The van der Waals surface area contributed by atoms with Gasteiger partial charge in [-0.2, -0.15) is 11.8 Å². The highest BCUT2D eigenvalue weighted by Crippen LogP contribution is 2.21. The molecule has 0 spiro atoms. The number of halogens is 1. The van der Waals surface area contributed by atoms with E-state index in [1.54, 1.807) is 24.8 Å². The fourth-order valence-corrected chi connectivity index (χ4v) is 3.67. The molecule has 3 N–H and O–H groups in total. The molecule has 0 aliphatic heterocycles. The minimum atomic E-state index is -3.52. The Morgan fingerprint density at radius 2 is 1.85 bits per heavy atom. The molecule has 0 unspecified atom stereocenters. The van der Waals surface area contributed by atoms with Crippen LogP contribution in [0, 0.1) is 13.8 Å². The zero-order valence-electron chi connectivity index (χ0n) is 17.0. The van der Waals surface area contributed by atoms with Crippen LogP contribution in [0.4, 0.5) is 0 Å². The lowest BCUT2D eigenvalue weighted by Gasteiger charge is -2.20. The SMILES string of the molecule is CCNC(=NCC(C)(C)SC)NCCNS(=O)(=O)c1cc(C)ccc1C.I. The van der Waals surface area contributed by atoms with Crippen molar-refractivity contribution in [3.05, 3.63) is 29.3 Å². The predicted octanol–water partition coefficient (Wildman–Crippen LogP) is 2.90. The number of guanidine groups is 1. The van der Waals surface area contributed by atoms with Gasteiger partial charge in [0.1, 0.15) is 0 Å². The molecule has 0 saturated carbocycles. The Bertz CT molecular complexity index is 722. The summed E-state index contributed by atoms with van der Waals surface area (Å²) in [6.07, 6.45) is 2.07. The van der Waals surface area contributed by atoms with Crippen LogP contribution >= 0.6 is 35.7 Å². The Balaban J connectivity index is 0.00000676. The van der Waals surface area contributed by atoms with Gasteiger partial charge < -0.3 is 10.6 Å². The van der Waals surface area contributed by atoms with E-state index in [0.29, 0.717) is 23.9 Å². The molecular formula is C18H33IN4O2S2. The maximum absolute atomic E-state index is 12.5. The van der Waals surface area contributed by atoms with Gasteiger partial charge in [0.05, 0.1) is 11.4 Å². The first-order valence-corrected chi connectivity index (χ1v) is 11.5. The van der Waals surface area contributed by atoms with Gasteiger partial charge in [-0.3, -0.25) is 4.99 Å². The fourth-order valence-electron chi connectivity index (χ4n) is 2.12. The van der Waals surface area contributed by atoms with Crippen molar-refractivity contribution in [2.45, 2.75) is 44.3 Å². The molecule has 0 atom stereocenters. The second kappa shape index (κ2) is 12.1. The summed E-state index contributed by atoms with van der Waals surface area (Å²) in [5, 5.41) is 6.35. The number of aryl methyl sites for hydroxylation is 2. The maximum atomic E-state index is 12.5. The summed E-state index contributed by atoms with van der Waals surface area (Å²) in [5.41, 5.74) is 1.66. The fraction of sp³-hybridized carbons (Fsp3) is 0.611. The van der Waals surface area contributed by atoms with E-state index in [2.05, 4.69) is 40.5 Å². The van der Waals surface area contributed by atoms with Gasteiger partial charge in [0.15, 0.2) is 5.96 Å². The van der Waals surface area contributed by atoms with Crippen LogP contribution in [-0.4, -0.2) is 51.6 Å². The van der Waals surface area contributed by atoms with Gasteiger partial charge in [-0.25, -0.2) is 13.1 Å². The third-order valence-corrected chi connectivity index (χ3v) is 6.69. The van der Waals surface area contributed by atoms with Crippen LogP contribution in [0.15, 0.2) is 28.1 Å². The van der Waals surface area contributed by atoms with Gasteiger partial charge in [0, 0.05) is 24.4 Å². The van der Waals surface area contributed by atoms with Crippen molar-refractivity contribution in [2.24, 2.45) is 4.99 Å². The number of benzene rings is 1. The molecule has 27 heavy (non-hydrogen) atoms. The highest BCUT2D eigenvalue weighted by atomic mass is 127. The number of hydrogen-bond acceptors (Lipinski definition) is 4. The Morgan fingerprint density at radius 3 is 2.44 bits per heavy atom. The molecule has 9 heteroatoms. The molecule has 156 valence electrons. The van der Waals surface area contributed by atoms with Crippen molar-refractivity contribution in [1.82, 2.24) is 15.4 Å². The van der Waals surface area contributed by atoms with Gasteiger partial charge in [-0.15, -0.1) is 24.0 Å². The van der Waals surface area contributed by atoms with Crippen LogP contribution in [0.3, 0.4) is 0 Å². The van der Waals surface area contributed by atoms with Crippen molar-refractivity contribution in [3.8, 4) is 0 Å². The van der Waals surface area contributed by atoms with E-state index in [1.165, 1.54) is 0 Å². The zero-order valence-corrected chi connectivity index (χ0v) is 21.0. The lowest BCUT2D eigenvalue weighted by Crippen LogP contribution is -2.42. The molecule has 0 saturated heterocycles. The van der Waals surface area contributed by atoms with Crippen LogP contribution in [-0.2, 0) is 10.0 Å². The van der Waals surface area contributed by atoms with Crippen LogP contribution < -0.4 is 15.4 Å². The standard InChI is InChI=1S/C18H32N4O2S2.HI/c1-7-19-17(21-13-18(4,5)25-6)20-10-11-22-26(23,24)16-12-14(2)8-9-15(16)3;/h8-9,12,22H,7,10-11,13H2,1-6H3,(H2,19,20,21);1H. The summed E-state index contributed by atoms with van der Waals surface area (Å²) in [4.78, 5) is 4.90. The summed E-state index contributed by atoms with van der Waals surface area (Å²) in [6, 6.07) is 5.43. The van der Waals surface area contributed by atoms with Gasteiger partial charge in [0.2, 0.25) is 10.0 Å². The number of nitrogens with zero attached hydrogens (tertiary/aromatic N) is 1. The van der Waals surface area contributed by atoms with Crippen molar-refractivity contribution in [1.29, 1.82) is 0 Å². The molecule has 1 aromatic rings. The highest BCUT2D eigenvalue weighted by molar-refractivity contribution is 14.0. The average Bonchev–Trinajstić information content (AvgIpc) is 2.58. The van der Waals surface area contributed by atoms with Crippen molar-refractivity contribution < 1.29 is 8.42 Å².